The lowest BCUT2D eigenvalue weighted by molar-refractivity contribution is 0.271. The monoisotopic (exact) mass is 387 g/mol. The summed E-state index contributed by atoms with van der Waals surface area (Å²) < 4.78 is 20.2. The van der Waals surface area contributed by atoms with E-state index in [0.29, 0.717) is 19.1 Å². The third kappa shape index (κ3) is 4.11. The lowest BCUT2D eigenvalue weighted by atomic mass is 10.2. The Morgan fingerprint density at radius 3 is 2.96 bits per heavy atom. The summed E-state index contributed by atoms with van der Waals surface area (Å²) in [6, 6.07) is 5.83. The predicted octanol–water partition coefficient (Wildman–Crippen LogP) is 2.55. The number of anilines is 2. The first-order chi connectivity index (χ1) is 13.1. The minimum Gasteiger partial charge on any atom is -0.475 e. The third-order valence-electron chi connectivity index (χ3n) is 4.24. The Morgan fingerprint density at radius 1 is 1.33 bits per heavy atom. The summed E-state index contributed by atoms with van der Waals surface area (Å²) in [6.45, 7) is 2.50. The molecule has 0 radical (unpaired) electrons. The molecule has 1 aliphatic rings. The van der Waals surface area contributed by atoms with Gasteiger partial charge >= 0.3 is 0 Å². The quantitative estimate of drug-likeness (QED) is 0.636. The molecular weight excluding hydrogens is 369 g/mol. The summed E-state index contributed by atoms with van der Waals surface area (Å²) in [5.41, 5.74) is 6.73. The first kappa shape index (κ1) is 17.5. The minimum absolute atomic E-state index is 0.0116. The largest absolute Gasteiger partial charge is 0.475 e. The Morgan fingerprint density at radius 2 is 2.22 bits per heavy atom. The van der Waals surface area contributed by atoms with Crippen LogP contribution in [0.2, 0.25) is 0 Å². The Balaban J connectivity index is 1.39. The Labute approximate surface area is 159 Å². The highest BCUT2D eigenvalue weighted by Gasteiger charge is 2.40. The van der Waals surface area contributed by atoms with Gasteiger partial charge in [0.25, 0.3) is 5.88 Å². The number of hydrogen-bond donors (Lipinski definition) is 2. The van der Waals surface area contributed by atoms with Crippen molar-refractivity contribution in [3.63, 3.8) is 0 Å². The Hall–Kier alpha value is -2.88. The van der Waals surface area contributed by atoms with Gasteiger partial charge in [-0.1, -0.05) is 17.4 Å². The molecule has 0 aliphatic heterocycles. The molecule has 3 heterocycles. The molecule has 27 heavy (non-hydrogen) atoms. The molecular formula is C17H18FN7OS. The van der Waals surface area contributed by atoms with Gasteiger partial charge in [-0.3, -0.25) is 4.98 Å². The van der Waals surface area contributed by atoms with Gasteiger partial charge in [-0.05, 0) is 25.5 Å². The average Bonchev–Trinajstić information content (AvgIpc) is 3.34. The van der Waals surface area contributed by atoms with Crippen LogP contribution in [0.4, 0.5) is 16.2 Å². The van der Waals surface area contributed by atoms with E-state index in [4.69, 9.17) is 10.5 Å². The second-order valence-corrected chi connectivity index (χ2v) is 7.55. The van der Waals surface area contributed by atoms with Gasteiger partial charge in [0.05, 0.1) is 13.2 Å². The van der Waals surface area contributed by atoms with Crippen LogP contribution >= 0.6 is 11.3 Å². The van der Waals surface area contributed by atoms with Gasteiger partial charge in [-0.15, -0.1) is 10.2 Å². The molecule has 1 aliphatic carbocycles. The number of nitrogen functional groups attached to an aromatic ring is 1. The fourth-order valence-electron chi connectivity index (χ4n) is 2.80. The van der Waals surface area contributed by atoms with Crippen molar-refractivity contribution in [2.75, 3.05) is 17.7 Å². The van der Waals surface area contributed by atoms with Crippen molar-refractivity contribution in [2.24, 2.45) is 5.92 Å². The number of hydrogen-bond acceptors (Lipinski definition) is 9. The van der Waals surface area contributed by atoms with Crippen LogP contribution in [0.15, 0.2) is 24.4 Å². The van der Waals surface area contributed by atoms with Gasteiger partial charge in [-0.2, -0.15) is 14.4 Å². The molecule has 1 fully saturated rings. The van der Waals surface area contributed by atoms with Crippen LogP contribution in [0.5, 0.6) is 5.88 Å². The molecule has 0 aromatic carbocycles. The number of ether oxygens (including phenoxy) is 1. The van der Waals surface area contributed by atoms with Crippen LogP contribution in [0.3, 0.4) is 0 Å². The maximum absolute atomic E-state index is 14.6. The van der Waals surface area contributed by atoms with Crippen molar-refractivity contribution in [3.8, 4) is 5.88 Å². The molecule has 8 nitrogen and oxygen atoms in total. The first-order valence-corrected chi connectivity index (χ1v) is 9.31. The SMILES string of the molecule is Cc1nnc(CNc2nc(N)nc(OC[C@H]3C[C@@H]3c3ccccn3)c2F)s1. The van der Waals surface area contributed by atoms with Gasteiger partial charge in [0.2, 0.25) is 11.8 Å². The van der Waals surface area contributed by atoms with E-state index in [1.54, 1.807) is 6.20 Å². The van der Waals surface area contributed by atoms with E-state index in [1.165, 1.54) is 11.3 Å². The molecule has 2 atom stereocenters. The Kier molecular flexibility index (Phi) is 4.80. The number of nitrogens with two attached hydrogens (primary N) is 1. The van der Waals surface area contributed by atoms with Gasteiger partial charge in [0.1, 0.15) is 10.0 Å². The number of rotatable bonds is 7. The van der Waals surface area contributed by atoms with E-state index >= 15 is 0 Å². The fraction of sp³-hybridized carbons (Fsp3) is 0.353. The van der Waals surface area contributed by atoms with Gasteiger partial charge in [-0.25, -0.2) is 0 Å². The molecule has 10 heteroatoms. The van der Waals surface area contributed by atoms with Crippen molar-refractivity contribution < 1.29 is 9.13 Å². The highest BCUT2D eigenvalue weighted by atomic mass is 32.1. The lowest BCUT2D eigenvalue weighted by Crippen LogP contribution is -2.11. The first-order valence-electron chi connectivity index (χ1n) is 8.49. The summed E-state index contributed by atoms with van der Waals surface area (Å²) in [7, 11) is 0. The van der Waals surface area contributed by atoms with Crippen molar-refractivity contribution in [2.45, 2.75) is 25.8 Å². The van der Waals surface area contributed by atoms with Crippen molar-refractivity contribution in [3.05, 3.63) is 45.9 Å². The summed E-state index contributed by atoms with van der Waals surface area (Å²) >= 11 is 1.42. The second kappa shape index (κ2) is 7.39. The van der Waals surface area contributed by atoms with Crippen LogP contribution in [0.1, 0.15) is 28.0 Å². The van der Waals surface area contributed by atoms with Gasteiger partial charge in [0.15, 0.2) is 5.82 Å². The molecule has 140 valence electrons. The number of nitrogens with zero attached hydrogens (tertiary/aromatic N) is 5. The fourth-order valence-corrected chi connectivity index (χ4v) is 3.45. The summed E-state index contributed by atoms with van der Waals surface area (Å²) in [4.78, 5) is 12.1. The van der Waals surface area contributed by atoms with Gasteiger partial charge < -0.3 is 15.8 Å². The normalized spacial score (nSPS) is 18.3. The van der Waals surface area contributed by atoms with Crippen LogP contribution in [-0.2, 0) is 6.54 Å². The van der Waals surface area contributed by atoms with Crippen LogP contribution in [-0.4, -0.2) is 31.8 Å². The van der Waals surface area contributed by atoms with E-state index in [2.05, 4.69) is 30.5 Å². The molecule has 0 spiro atoms. The molecule has 0 unspecified atom stereocenters. The smallest absolute Gasteiger partial charge is 0.257 e. The number of pyridine rings is 1. The van der Waals surface area contributed by atoms with E-state index in [1.807, 2.05) is 25.1 Å². The molecule has 0 amide bonds. The minimum atomic E-state index is -0.666. The molecule has 0 bridgehead atoms. The Bertz CT molecular complexity index is 936. The van der Waals surface area contributed by atoms with Crippen molar-refractivity contribution in [1.82, 2.24) is 25.1 Å². The van der Waals surface area contributed by atoms with E-state index in [9.17, 15) is 4.39 Å². The van der Waals surface area contributed by atoms with E-state index in [0.717, 1.165) is 22.1 Å². The topological polar surface area (TPSA) is 112 Å². The molecule has 0 saturated heterocycles. The van der Waals surface area contributed by atoms with Crippen molar-refractivity contribution in [1.29, 1.82) is 0 Å². The zero-order valence-electron chi connectivity index (χ0n) is 14.6. The lowest BCUT2D eigenvalue weighted by Gasteiger charge is -2.10. The highest BCUT2D eigenvalue weighted by molar-refractivity contribution is 7.11. The van der Waals surface area contributed by atoms with E-state index < -0.39 is 5.82 Å². The molecule has 4 rings (SSSR count). The van der Waals surface area contributed by atoms with Crippen LogP contribution in [0.25, 0.3) is 0 Å². The summed E-state index contributed by atoms with van der Waals surface area (Å²) in [6.07, 6.45) is 2.73. The predicted molar refractivity (Wildman–Crippen MR) is 99.0 cm³/mol. The summed E-state index contributed by atoms with van der Waals surface area (Å²) in [5.74, 6) is -0.254. The zero-order chi connectivity index (χ0) is 18.8. The molecule has 3 aromatic heterocycles. The molecule has 1 saturated carbocycles. The molecule has 3 aromatic rings. The zero-order valence-corrected chi connectivity index (χ0v) is 15.4. The standard InChI is InChI=1S/C17H18FN7OS/c1-9-24-25-13(27-9)7-21-15-14(18)16(23-17(19)22-15)26-8-10-6-11(10)12-4-2-3-5-20-12/h2-5,10-11H,6-8H2,1H3,(H3,19,21,22,23)/t10-,11+/m1/s1. The second-order valence-electron chi connectivity index (χ2n) is 6.29. The van der Waals surface area contributed by atoms with E-state index in [-0.39, 0.29) is 23.6 Å². The van der Waals surface area contributed by atoms with Crippen molar-refractivity contribution >= 4 is 23.1 Å². The average molecular weight is 387 g/mol. The number of aromatic nitrogens is 5. The summed E-state index contributed by atoms with van der Waals surface area (Å²) in [5, 5.41) is 12.3. The van der Waals surface area contributed by atoms with Crippen LogP contribution in [0, 0.1) is 18.7 Å². The molecule has 3 N–H and O–H groups in total. The van der Waals surface area contributed by atoms with Gasteiger partial charge in [0, 0.05) is 23.7 Å². The third-order valence-corrected chi connectivity index (χ3v) is 5.08. The number of aryl methyl sites for hydroxylation is 1. The van der Waals surface area contributed by atoms with Crippen LogP contribution < -0.4 is 15.8 Å². The number of nitrogens with one attached hydrogen (secondary N) is 1. The maximum atomic E-state index is 14.6. The number of halogens is 1. The maximum Gasteiger partial charge on any atom is 0.257 e. The highest BCUT2D eigenvalue weighted by Crippen LogP contribution is 2.46.